The molecule has 2 rings (SSSR count). The van der Waals surface area contributed by atoms with Gasteiger partial charge in [0.25, 0.3) is 0 Å². The normalized spacial score (nSPS) is 21.8. The van der Waals surface area contributed by atoms with Gasteiger partial charge in [0.05, 0.1) is 6.10 Å². The molecule has 2 N–H and O–H groups in total. The van der Waals surface area contributed by atoms with E-state index in [9.17, 15) is 0 Å². The van der Waals surface area contributed by atoms with Crippen LogP contribution in [-0.2, 0) is 11.2 Å². The van der Waals surface area contributed by atoms with Crippen LogP contribution in [-0.4, -0.2) is 17.7 Å². The van der Waals surface area contributed by atoms with Gasteiger partial charge in [-0.25, -0.2) is 4.98 Å². The highest BCUT2D eigenvalue weighted by Gasteiger charge is 2.19. The number of nitrogen functional groups attached to an aromatic ring is 1. The number of anilines is 1. The summed E-state index contributed by atoms with van der Waals surface area (Å²) in [6, 6.07) is 3.91. The molecule has 0 aliphatic carbocycles. The summed E-state index contributed by atoms with van der Waals surface area (Å²) >= 11 is 0. The molecule has 0 spiro atoms. The summed E-state index contributed by atoms with van der Waals surface area (Å²) in [6.07, 6.45) is 4.13. The van der Waals surface area contributed by atoms with Crippen LogP contribution in [0.1, 0.15) is 12.0 Å². The summed E-state index contributed by atoms with van der Waals surface area (Å²) in [6.45, 7) is 0.894. The molecule has 1 aromatic rings. The fraction of sp³-hybridized carbons (Fsp3) is 0.444. The summed E-state index contributed by atoms with van der Waals surface area (Å²) in [7, 11) is 0. The van der Waals surface area contributed by atoms with Crippen LogP contribution in [0, 0.1) is 0 Å². The maximum absolute atomic E-state index is 5.68. The van der Waals surface area contributed by atoms with Gasteiger partial charge in [-0.1, -0.05) is 6.07 Å². The number of aromatic nitrogens is 1. The number of nitrogens with zero attached hydrogens (tertiary/aromatic N) is 1. The van der Waals surface area contributed by atoms with Crippen molar-refractivity contribution in [1.29, 1.82) is 0 Å². The molecule has 1 fully saturated rings. The van der Waals surface area contributed by atoms with Gasteiger partial charge in [0.15, 0.2) is 0 Å². The maximum Gasteiger partial charge on any atom is 0.126 e. The third-order valence-corrected chi connectivity index (χ3v) is 2.17. The first-order chi connectivity index (χ1) is 5.86. The van der Waals surface area contributed by atoms with Gasteiger partial charge >= 0.3 is 0 Å². The fourth-order valence-corrected chi connectivity index (χ4v) is 1.31. The molecule has 0 saturated carbocycles. The predicted molar refractivity (Wildman–Crippen MR) is 46.7 cm³/mol. The molecule has 1 aliphatic heterocycles. The van der Waals surface area contributed by atoms with Gasteiger partial charge in [-0.2, -0.15) is 0 Å². The Morgan fingerprint density at radius 3 is 3.08 bits per heavy atom. The zero-order chi connectivity index (χ0) is 8.39. The van der Waals surface area contributed by atoms with Crippen LogP contribution in [0.25, 0.3) is 0 Å². The van der Waals surface area contributed by atoms with Gasteiger partial charge in [-0.3, -0.25) is 0 Å². The Morgan fingerprint density at radius 1 is 1.67 bits per heavy atom. The first-order valence-corrected chi connectivity index (χ1v) is 4.17. The lowest BCUT2D eigenvalue weighted by molar-refractivity contribution is -0.0491. The third kappa shape index (κ3) is 1.41. The largest absolute Gasteiger partial charge is 0.383 e. The molecule has 1 aromatic heterocycles. The second kappa shape index (κ2) is 3.11. The minimum absolute atomic E-state index is 0.372. The highest BCUT2D eigenvalue weighted by molar-refractivity contribution is 5.38. The zero-order valence-corrected chi connectivity index (χ0v) is 6.86. The van der Waals surface area contributed by atoms with Crippen molar-refractivity contribution < 1.29 is 4.74 Å². The Morgan fingerprint density at radius 2 is 2.50 bits per heavy atom. The highest BCUT2D eigenvalue weighted by atomic mass is 16.5. The van der Waals surface area contributed by atoms with Crippen molar-refractivity contribution in [2.75, 3.05) is 12.3 Å². The van der Waals surface area contributed by atoms with Gasteiger partial charge in [-0.15, -0.1) is 0 Å². The molecule has 1 atom stereocenters. The van der Waals surface area contributed by atoms with Crippen molar-refractivity contribution >= 4 is 5.82 Å². The van der Waals surface area contributed by atoms with Gasteiger partial charge in [0.2, 0.25) is 0 Å². The van der Waals surface area contributed by atoms with E-state index in [0.29, 0.717) is 11.9 Å². The fourth-order valence-electron chi connectivity index (χ4n) is 1.31. The number of ether oxygens (including phenoxy) is 1. The van der Waals surface area contributed by atoms with Gasteiger partial charge < -0.3 is 10.5 Å². The van der Waals surface area contributed by atoms with E-state index in [1.165, 1.54) is 0 Å². The minimum Gasteiger partial charge on any atom is -0.383 e. The molecule has 12 heavy (non-hydrogen) atoms. The maximum atomic E-state index is 5.68. The van der Waals surface area contributed by atoms with Crippen molar-refractivity contribution in [3.05, 3.63) is 23.9 Å². The molecule has 64 valence electrons. The standard InChI is InChI=1S/C9H12N2O/c10-9-7(2-1-4-11-9)6-8-3-5-12-8/h1-2,4,8H,3,5-6H2,(H2,10,11). The number of hydrogen-bond donors (Lipinski definition) is 1. The Hall–Kier alpha value is -1.09. The third-order valence-electron chi connectivity index (χ3n) is 2.17. The van der Waals surface area contributed by atoms with E-state index in [0.717, 1.165) is 25.0 Å². The Kier molecular flexibility index (Phi) is 1.96. The van der Waals surface area contributed by atoms with Crippen LogP contribution >= 0.6 is 0 Å². The van der Waals surface area contributed by atoms with Gasteiger partial charge in [0.1, 0.15) is 5.82 Å². The zero-order valence-electron chi connectivity index (χ0n) is 6.86. The van der Waals surface area contributed by atoms with Crippen LogP contribution < -0.4 is 5.73 Å². The molecular formula is C9H12N2O. The van der Waals surface area contributed by atoms with Crippen LogP contribution in [0.4, 0.5) is 5.82 Å². The second-order valence-electron chi connectivity index (χ2n) is 3.03. The average Bonchev–Trinajstić information content (AvgIpc) is 2.00. The summed E-state index contributed by atoms with van der Waals surface area (Å²) in [4.78, 5) is 4.01. The minimum atomic E-state index is 0.372. The summed E-state index contributed by atoms with van der Waals surface area (Å²) in [5.41, 5.74) is 6.78. The van der Waals surface area contributed by atoms with E-state index in [1.54, 1.807) is 6.20 Å². The monoisotopic (exact) mass is 164 g/mol. The van der Waals surface area contributed by atoms with E-state index >= 15 is 0 Å². The number of hydrogen-bond acceptors (Lipinski definition) is 3. The van der Waals surface area contributed by atoms with Crippen molar-refractivity contribution in [3.63, 3.8) is 0 Å². The first-order valence-electron chi connectivity index (χ1n) is 4.17. The van der Waals surface area contributed by atoms with Crippen molar-refractivity contribution in [2.24, 2.45) is 0 Å². The molecule has 3 heteroatoms. The molecule has 1 aliphatic rings. The lowest BCUT2D eigenvalue weighted by Gasteiger charge is -2.26. The molecule has 0 amide bonds. The van der Waals surface area contributed by atoms with E-state index in [2.05, 4.69) is 4.98 Å². The SMILES string of the molecule is Nc1ncccc1CC1CCO1. The Bertz CT molecular complexity index is 271. The van der Waals surface area contributed by atoms with E-state index in [1.807, 2.05) is 12.1 Å². The molecule has 0 bridgehead atoms. The predicted octanol–water partition coefficient (Wildman–Crippen LogP) is 0.995. The van der Waals surface area contributed by atoms with Gasteiger partial charge in [0, 0.05) is 19.2 Å². The van der Waals surface area contributed by atoms with Crippen LogP contribution in [0.5, 0.6) is 0 Å². The van der Waals surface area contributed by atoms with Crippen molar-refractivity contribution in [2.45, 2.75) is 18.9 Å². The second-order valence-corrected chi connectivity index (χ2v) is 3.03. The molecular weight excluding hydrogens is 152 g/mol. The van der Waals surface area contributed by atoms with Crippen LogP contribution in [0.15, 0.2) is 18.3 Å². The molecule has 1 saturated heterocycles. The van der Waals surface area contributed by atoms with Crippen LogP contribution in [0.2, 0.25) is 0 Å². The number of rotatable bonds is 2. The Labute approximate surface area is 71.6 Å². The van der Waals surface area contributed by atoms with E-state index < -0.39 is 0 Å². The number of pyridine rings is 1. The average molecular weight is 164 g/mol. The Balaban J connectivity index is 2.06. The van der Waals surface area contributed by atoms with Gasteiger partial charge in [-0.05, 0) is 18.1 Å². The first kappa shape index (κ1) is 7.55. The lowest BCUT2D eigenvalue weighted by atomic mass is 10.0. The molecule has 2 heterocycles. The summed E-state index contributed by atoms with van der Waals surface area (Å²) in [5, 5.41) is 0. The number of nitrogens with two attached hydrogens (primary N) is 1. The van der Waals surface area contributed by atoms with Crippen molar-refractivity contribution in [1.82, 2.24) is 4.98 Å². The van der Waals surface area contributed by atoms with Crippen molar-refractivity contribution in [3.8, 4) is 0 Å². The summed E-state index contributed by atoms with van der Waals surface area (Å²) in [5.74, 6) is 0.632. The topological polar surface area (TPSA) is 48.1 Å². The molecule has 1 unspecified atom stereocenters. The summed E-state index contributed by atoms with van der Waals surface area (Å²) < 4.78 is 5.31. The highest BCUT2D eigenvalue weighted by Crippen LogP contribution is 2.18. The van der Waals surface area contributed by atoms with Crippen LogP contribution in [0.3, 0.4) is 0 Å². The molecule has 3 nitrogen and oxygen atoms in total. The molecule has 0 radical (unpaired) electrons. The molecule has 0 aromatic carbocycles. The smallest absolute Gasteiger partial charge is 0.126 e. The van der Waals surface area contributed by atoms with E-state index in [4.69, 9.17) is 10.5 Å². The quantitative estimate of drug-likeness (QED) is 0.709. The van der Waals surface area contributed by atoms with E-state index in [-0.39, 0.29) is 0 Å². The lowest BCUT2D eigenvalue weighted by Crippen LogP contribution is -2.29.